The largest absolute Gasteiger partial charge is 0.374 e. The fourth-order valence-electron chi connectivity index (χ4n) is 1.40. The molecule has 0 saturated carbocycles. The summed E-state index contributed by atoms with van der Waals surface area (Å²) in [5.74, 6) is 0. The number of hydrogen-bond acceptors (Lipinski definition) is 7. The van der Waals surface area contributed by atoms with Gasteiger partial charge in [-0.05, 0) is 21.0 Å². The molecule has 2 aromatic rings. The smallest absolute Gasteiger partial charge is 0.203 e. The van der Waals surface area contributed by atoms with Crippen molar-refractivity contribution in [2.24, 2.45) is 0 Å². The molecule has 0 aromatic carbocycles. The number of aryl methyl sites for hydroxylation is 1. The Hall–Kier alpha value is -1.05. The minimum atomic E-state index is 0.502. The summed E-state index contributed by atoms with van der Waals surface area (Å²) in [6, 6.07) is 0. The van der Waals surface area contributed by atoms with Gasteiger partial charge in [0.25, 0.3) is 0 Å². The third-order valence-electron chi connectivity index (χ3n) is 2.25. The molecule has 17 heavy (non-hydrogen) atoms. The number of nitrogen functional groups attached to an aromatic ring is 1. The summed E-state index contributed by atoms with van der Waals surface area (Å²) in [5.41, 5.74) is 6.61. The normalized spacial score (nSPS) is 11.3. The molecule has 0 aliphatic heterocycles. The van der Waals surface area contributed by atoms with Crippen molar-refractivity contribution in [3.05, 3.63) is 10.7 Å². The average Bonchev–Trinajstić information content (AvgIpc) is 2.82. The van der Waals surface area contributed by atoms with Gasteiger partial charge < -0.3 is 10.6 Å². The van der Waals surface area contributed by atoms with Gasteiger partial charge in [0.05, 0.1) is 15.6 Å². The van der Waals surface area contributed by atoms with Crippen molar-refractivity contribution in [2.75, 3.05) is 26.4 Å². The zero-order chi connectivity index (χ0) is 12.4. The highest BCUT2D eigenvalue weighted by molar-refractivity contribution is 7.23. The van der Waals surface area contributed by atoms with Crippen LogP contribution in [-0.4, -0.2) is 40.7 Å². The highest BCUT2D eigenvalue weighted by atomic mass is 32.1. The Kier molecular flexibility index (Phi) is 3.70. The summed E-state index contributed by atoms with van der Waals surface area (Å²) in [6.07, 6.45) is 0.965. The Morgan fingerprint density at radius 1 is 1.24 bits per heavy atom. The summed E-state index contributed by atoms with van der Waals surface area (Å²) >= 11 is 3.09. The lowest BCUT2D eigenvalue weighted by Gasteiger charge is -2.06. The predicted octanol–water partition coefficient (Wildman–Crippen LogP) is 1.66. The monoisotopic (exact) mass is 269 g/mol. The molecule has 0 atom stereocenters. The fraction of sp³-hybridized carbons (Fsp3) is 0.500. The number of hydrogen-bond donors (Lipinski definition) is 1. The number of anilines is 1. The minimum Gasteiger partial charge on any atom is -0.374 e. The van der Waals surface area contributed by atoms with E-state index in [1.54, 1.807) is 11.3 Å². The molecule has 0 spiro atoms. The second-order valence-corrected chi connectivity index (χ2v) is 6.11. The van der Waals surface area contributed by atoms with Crippen molar-refractivity contribution in [1.82, 2.24) is 20.1 Å². The van der Waals surface area contributed by atoms with E-state index in [1.807, 2.05) is 6.92 Å². The number of aromatic nitrogens is 3. The quantitative estimate of drug-likeness (QED) is 0.914. The third-order valence-corrected chi connectivity index (χ3v) is 4.37. The highest BCUT2D eigenvalue weighted by Crippen LogP contribution is 2.32. The Balaban J connectivity index is 2.19. The van der Waals surface area contributed by atoms with E-state index in [-0.39, 0.29) is 0 Å². The third kappa shape index (κ3) is 2.99. The average molecular weight is 269 g/mol. The molecule has 7 heteroatoms. The van der Waals surface area contributed by atoms with E-state index < -0.39 is 0 Å². The van der Waals surface area contributed by atoms with E-state index in [2.05, 4.69) is 34.2 Å². The number of rotatable bonds is 4. The van der Waals surface area contributed by atoms with E-state index >= 15 is 0 Å². The van der Waals surface area contributed by atoms with Gasteiger partial charge in [-0.3, -0.25) is 0 Å². The molecule has 2 rings (SSSR count). The molecule has 0 amide bonds. The molecular formula is C10H15N5S2. The SMILES string of the molecule is Cc1nc(CCN(C)C)sc1-c1nnc(N)s1. The van der Waals surface area contributed by atoms with Crippen LogP contribution >= 0.6 is 22.7 Å². The molecule has 0 radical (unpaired) electrons. The van der Waals surface area contributed by atoms with Gasteiger partial charge in [0.15, 0.2) is 5.01 Å². The van der Waals surface area contributed by atoms with Crippen LogP contribution in [0.1, 0.15) is 10.7 Å². The van der Waals surface area contributed by atoms with E-state index in [4.69, 9.17) is 5.73 Å². The first-order valence-electron chi connectivity index (χ1n) is 5.26. The molecule has 0 saturated heterocycles. The van der Waals surface area contributed by atoms with Crippen molar-refractivity contribution in [2.45, 2.75) is 13.3 Å². The molecule has 0 bridgehead atoms. The Morgan fingerprint density at radius 2 is 2.00 bits per heavy atom. The topological polar surface area (TPSA) is 67.9 Å². The van der Waals surface area contributed by atoms with Gasteiger partial charge >= 0.3 is 0 Å². The summed E-state index contributed by atoms with van der Waals surface area (Å²) < 4.78 is 0. The van der Waals surface area contributed by atoms with Crippen molar-refractivity contribution in [3.63, 3.8) is 0 Å². The van der Waals surface area contributed by atoms with Crippen LogP contribution < -0.4 is 5.73 Å². The van der Waals surface area contributed by atoms with Gasteiger partial charge in [0.2, 0.25) is 5.13 Å². The standard InChI is InChI=1S/C10H15N5S2/c1-6-8(9-13-14-10(11)17-9)16-7(12-6)4-5-15(2)3/h4-5H2,1-3H3,(H2,11,14). The molecular weight excluding hydrogens is 254 g/mol. The van der Waals surface area contributed by atoms with Crippen LogP contribution in [0, 0.1) is 6.92 Å². The zero-order valence-corrected chi connectivity index (χ0v) is 11.7. The lowest BCUT2D eigenvalue weighted by molar-refractivity contribution is 0.413. The van der Waals surface area contributed by atoms with E-state index in [1.165, 1.54) is 11.3 Å². The number of thiazole rings is 1. The lowest BCUT2D eigenvalue weighted by Crippen LogP contribution is -2.14. The fourth-order valence-corrected chi connectivity index (χ4v) is 3.19. The van der Waals surface area contributed by atoms with Crippen LogP contribution in [-0.2, 0) is 6.42 Å². The summed E-state index contributed by atoms with van der Waals surface area (Å²) in [5, 5.41) is 10.4. The Bertz CT molecular complexity index is 503. The van der Waals surface area contributed by atoms with Gasteiger partial charge in [-0.1, -0.05) is 11.3 Å². The molecule has 2 N–H and O–H groups in total. The number of nitrogens with two attached hydrogens (primary N) is 1. The molecule has 2 heterocycles. The Labute approximate surface area is 108 Å². The maximum absolute atomic E-state index is 5.59. The second kappa shape index (κ2) is 5.07. The summed E-state index contributed by atoms with van der Waals surface area (Å²) in [7, 11) is 4.12. The van der Waals surface area contributed by atoms with Gasteiger partial charge in [-0.2, -0.15) is 0 Å². The van der Waals surface area contributed by atoms with E-state index in [0.717, 1.165) is 33.6 Å². The minimum absolute atomic E-state index is 0.502. The zero-order valence-electron chi connectivity index (χ0n) is 10.1. The van der Waals surface area contributed by atoms with Crippen molar-refractivity contribution >= 4 is 27.8 Å². The first-order chi connectivity index (χ1) is 8.06. The summed E-state index contributed by atoms with van der Waals surface area (Å²) in [6.45, 7) is 3.01. The highest BCUT2D eigenvalue weighted by Gasteiger charge is 2.13. The first-order valence-corrected chi connectivity index (χ1v) is 6.90. The predicted molar refractivity (Wildman–Crippen MR) is 72.4 cm³/mol. The van der Waals surface area contributed by atoms with Gasteiger partial charge in [0, 0.05) is 13.0 Å². The molecule has 2 aromatic heterocycles. The molecule has 0 aliphatic rings. The van der Waals surface area contributed by atoms with Crippen molar-refractivity contribution in [3.8, 4) is 9.88 Å². The maximum Gasteiger partial charge on any atom is 0.203 e. The molecule has 0 aliphatic carbocycles. The van der Waals surface area contributed by atoms with Crippen LogP contribution in [0.2, 0.25) is 0 Å². The van der Waals surface area contributed by atoms with Crippen LogP contribution in [0.15, 0.2) is 0 Å². The number of likely N-dealkylation sites (N-methyl/N-ethyl adjacent to an activating group) is 1. The molecule has 5 nitrogen and oxygen atoms in total. The van der Waals surface area contributed by atoms with Gasteiger partial charge in [-0.15, -0.1) is 21.5 Å². The van der Waals surface area contributed by atoms with Crippen molar-refractivity contribution < 1.29 is 0 Å². The molecule has 0 fully saturated rings. The first kappa shape index (κ1) is 12.4. The van der Waals surface area contributed by atoms with Gasteiger partial charge in [0.1, 0.15) is 0 Å². The second-order valence-electron chi connectivity index (χ2n) is 4.02. The van der Waals surface area contributed by atoms with Gasteiger partial charge in [-0.25, -0.2) is 4.98 Å². The Morgan fingerprint density at radius 3 is 2.59 bits per heavy atom. The van der Waals surface area contributed by atoms with Crippen LogP contribution in [0.25, 0.3) is 9.88 Å². The summed E-state index contributed by atoms with van der Waals surface area (Å²) in [4.78, 5) is 7.80. The maximum atomic E-state index is 5.59. The number of nitrogens with zero attached hydrogens (tertiary/aromatic N) is 4. The molecule has 92 valence electrons. The van der Waals surface area contributed by atoms with E-state index in [0.29, 0.717) is 5.13 Å². The van der Waals surface area contributed by atoms with Crippen molar-refractivity contribution in [1.29, 1.82) is 0 Å². The van der Waals surface area contributed by atoms with E-state index in [9.17, 15) is 0 Å². The van der Waals surface area contributed by atoms with Crippen LogP contribution in [0.3, 0.4) is 0 Å². The van der Waals surface area contributed by atoms with Crippen LogP contribution in [0.4, 0.5) is 5.13 Å². The van der Waals surface area contributed by atoms with Crippen LogP contribution in [0.5, 0.6) is 0 Å². The molecule has 0 unspecified atom stereocenters. The lowest BCUT2D eigenvalue weighted by atomic mass is 10.4.